The third-order valence-corrected chi connectivity index (χ3v) is 5.87. The van der Waals surface area contributed by atoms with E-state index in [-0.39, 0.29) is 12.4 Å². The van der Waals surface area contributed by atoms with E-state index in [0.717, 1.165) is 40.9 Å². The molecule has 2 aromatic heterocycles. The number of rotatable bonds is 13. The largest absolute Gasteiger partial charge is 0.478 e. The molecule has 0 saturated heterocycles. The number of carboxylic acids is 4. The Hall–Kier alpha value is -5.45. The van der Waals surface area contributed by atoms with Gasteiger partial charge in [-0.25, -0.2) is 19.2 Å². The molecule has 0 bridgehead atoms. The van der Waals surface area contributed by atoms with E-state index >= 15 is 0 Å². The van der Waals surface area contributed by atoms with E-state index in [0.29, 0.717) is 55.1 Å². The van der Waals surface area contributed by atoms with Crippen LogP contribution in [0.2, 0.25) is 0 Å². The molecule has 0 aliphatic heterocycles. The Balaban J connectivity index is 0.000000365. The lowest BCUT2D eigenvalue weighted by Gasteiger charge is -2.18. The molecule has 0 atom stereocenters. The number of benzene rings is 1. The molecule has 16 heteroatoms. The molecule has 1 aromatic carbocycles. The summed E-state index contributed by atoms with van der Waals surface area (Å²) < 4.78 is 1.98. The highest BCUT2D eigenvalue weighted by Gasteiger charge is 2.31. The van der Waals surface area contributed by atoms with Crippen LogP contribution >= 0.6 is 0 Å². The fraction of sp³-hybridized carbons (Fsp3) is 0.276. The Kier molecular flexibility index (Phi) is 14.0. The number of hydrogen-bond donors (Lipinski definition) is 7. The van der Waals surface area contributed by atoms with Crippen LogP contribution in [0.1, 0.15) is 15.9 Å². The van der Waals surface area contributed by atoms with E-state index in [1.807, 2.05) is 30.9 Å². The van der Waals surface area contributed by atoms with Gasteiger partial charge in [-0.3, -0.25) is 14.5 Å². The zero-order valence-corrected chi connectivity index (χ0v) is 24.5. The lowest BCUT2D eigenvalue weighted by molar-refractivity contribution is -0.134. The topological polar surface area (TPSA) is 245 Å². The highest BCUT2D eigenvalue weighted by molar-refractivity contribution is 6.27. The number of aliphatic hydroxyl groups excluding tert-OH is 1. The minimum atomic E-state index is -1.26. The second kappa shape index (κ2) is 17.6. The molecule has 240 valence electrons. The summed E-state index contributed by atoms with van der Waals surface area (Å²) in [6.07, 6.45) is 5.61. The average Bonchev–Trinajstić information content (AvgIpc) is 3.36. The number of aliphatic carboxylic acids is 4. The maximum atomic E-state index is 13.4. The standard InChI is InChI=1S/C21H26N6O2.2C4H4O4/c1-26(2)10-11-27-17-4-3-16(24-8-7-22-9-12-28)18-19(17)20(25-27)15-13-23-6-5-14(15)21(18)29;2*5-3(6)1-2-4(7)8/h3-6,13,22,24,28H,7-12H2,1-2H3;2*1-2H,(H,5,6)(H,7,8)/b;2*2-1-. The van der Waals surface area contributed by atoms with Crippen molar-refractivity contribution in [3.63, 3.8) is 0 Å². The second-order valence-electron chi connectivity index (χ2n) is 9.43. The quantitative estimate of drug-likeness (QED) is 0.0794. The van der Waals surface area contributed by atoms with Crippen LogP contribution in [0.25, 0.3) is 22.2 Å². The number of carbonyl (C=O) groups excluding carboxylic acids is 1. The number of carboxylic acid groups (broad SMARTS) is 4. The van der Waals surface area contributed by atoms with Crippen molar-refractivity contribution in [3.8, 4) is 11.3 Å². The van der Waals surface area contributed by atoms with Crippen LogP contribution in [0.3, 0.4) is 0 Å². The Morgan fingerprint density at radius 1 is 0.867 bits per heavy atom. The smallest absolute Gasteiger partial charge is 0.328 e. The van der Waals surface area contributed by atoms with Crippen molar-refractivity contribution < 1.29 is 49.5 Å². The average molecular weight is 627 g/mol. The molecular weight excluding hydrogens is 592 g/mol. The van der Waals surface area contributed by atoms with Crippen LogP contribution < -0.4 is 10.6 Å². The molecule has 0 radical (unpaired) electrons. The number of nitrogens with zero attached hydrogens (tertiary/aromatic N) is 4. The van der Waals surface area contributed by atoms with Crippen molar-refractivity contribution in [1.82, 2.24) is 25.0 Å². The van der Waals surface area contributed by atoms with Gasteiger partial charge in [0.1, 0.15) is 5.69 Å². The number of ketones is 1. The number of anilines is 1. The van der Waals surface area contributed by atoms with E-state index in [4.69, 9.17) is 30.6 Å². The van der Waals surface area contributed by atoms with Crippen molar-refractivity contribution in [2.45, 2.75) is 6.54 Å². The van der Waals surface area contributed by atoms with Gasteiger partial charge in [0.05, 0.1) is 24.2 Å². The fourth-order valence-corrected chi connectivity index (χ4v) is 4.00. The Morgan fingerprint density at radius 3 is 2.00 bits per heavy atom. The van der Waals surface area contributed by atoms with E-state index in [9.17, 15) is 24.0 Å². The normalized spacial score (nSPS) is 11.5. The molecule has 0 spiro atoms. The van der Waals surface area contributed by atoms with Crippen molar-refractivity contribution in [1.29, 1.82) is 0 Å². The van der Waals surface area contributed by atoms with Crippen molar-refractivity contribution in [2.24, 2.45) is 0 Å². The molecule has 2 heterocycles. The molecule has 16 nitrogen and oxygen atoms in total. The van der Waals surface area contributed by atoms with E-state index in [2.05, 4.69) is 20.5 Å². The van der Waals surface area contributed by atoms with E-state index < -0.39 is 23.9 Å². The van der Waals surface area contributed by atoms with E-state index in [1.165, 1.54) is 0 Å². The van der Waals surface area contributed by atoms with Gasteiger partial charge in [0.2, 0.25) is 0 Å². The van der Waals surface area contributed by atoms with Crippen molar-refractivity contribution >= 4 is 46.3 Å². The lowest BCUT2D eigenvalue weighted by atomic mass is 9.87. The zero-order valence-electron chi connectivity index (χ0n) is 24.5. The molecule has 0 saturated carbocycles. The minimum Gasteiger partial charge on any atom is -0.478 e. The SMILES string of the molecule is CN(C)CCn1nc2c3c(c(NCCNCCO)ccc31)C(=O)c1ccncc1-2.O=C(O)/C=C\C(=O)O.O=C(O)/C=C\C(=O)O. The first-order valence-corrected chi connectivity index (χ1v) is 13.4. The van der Waals surface area contributed by atoms with Crippen molar-refractivity contribution in [2.75, 3.05) is 52.2 Å². The van der Waals surface area contributed by atoms with Crippen LogP contribution in [0, 0.1) is 0 Å². The molecule has 45 heavy (non-hydrogen) atoms. The van der Waals surface area contributed by atoms with Crippen LogP contribution in [0.15, 0.2) is 54.9 Å². The summed E-state index contributed by atoms with van der Waals surface area (Å²) in [4.78, 5) is 57.9. The third kappa shape index (κ3) is 11.0. The highest BCUT2D eigenvalue weighted by atomic mass is 16.4. The number of nitrogens with one attached hydrogen (secondary N) is 2. The molecule has 0 amide bonds. The lowest BCUT2D eigenvalue weighted by Crippen LogP contribution is -2.25. The van der Waals surface area contributed by atoms with Crippen LogP contribution in [0.5, 0.6) is 0 Å². The van der Waals surface area contributed by atoms with Gasteiger partial charge < -0.3 is 41.1 Å². The fourth-order valence-electron chi connectivity index (χ4n) is 4.00. The van der Waals surface area contributed by atoms with E-state index in [1.54, 1.807) is 18.5 Å². The van der Waals surface area contributed by atoms with Gasteiger partial charge in [-0.2, -0.15) is 5.10 Å². The first-order chi connectivity index (χ1) is 21.4. The van der Waals surface area contributed by atoms with Gasteiger partial charge in [0.15, 0.2) is 5.78 Å². The highest BCUT2D eigenvalue weighted by Crippen LogP contribution is 2.41. The Morgan fingerprint density at radius 2 is 1.47 bits per heavy atom. The first-order valence-electron chi connectivity index (χ1n) is 13.4. The molecule has 4 rings (SSSR count). The maximum absolute atomic E-state index is 13.4. The summed E-state index contributed by atoms with van der Waals surface area (Å²) in [6.45, 7) is 3.60. The predicted molar refractivity (Wildman–Crippen MR) is 162 cm³/mol. The van der Waals surface area contributed by atoms with Gasteiger partial charge in [0, 0.05) is 85.1 Å². The van der Waals surface area contributed by atoms with Gasteiger partial charge in [-0.05, 0) is 32.3 Å². The van der Waals surface area contributed by atoms with Crippen LogP contribution in [-0.2, 0) is 25.7 Å². The number of aliphatic hydroxyl groups is 1. The summed E-state index contributed by atoms with van der Waals surface area (Å²) in [5, 5.41) is 52.4. The Bertz CT molecular complexity index is 1530. The number of likely N-dealkylation sites (N-methyl/N-ethyl adjacent to an activating group) is 1. The summed E-state index contributed by atoms with van der Waals surface area (Å²) in [5.41, 5.74) is 4.69. The number of hydrogen-bond acceptors (Lipinski definition) is 11. The summed E-state index contributed by atoms with van der Waals surface area (Å²) >= 11 is 0. The first kappa shape index (κ1) is 35.7. The van der Waals surface area contributed by atoms with Crippen LogP contribution in [0.4, 0.5) is 5.69 Å². The number of pyridine rings is 1. The summed E-state index contributed by atoms with van der Waals surface area (Å²) in [5.74, 6) is -5.03. The summed E-state index contributed by atoms with van der Waals surface area (Å²) in [7, 11) is 4.07. The molecule has 1 aliphatic rings. The predicted octanol–water partition coefficient (Wildman–Crippen LogP) is 0.622. The monoisotopic (exact) mass is 626 g/mol. The van der Waals surface area contributed by atoms with Gasteiger partial charge in [-0.15, -0.1) is 0 Å². The second-order valence-corrected chi connectivity index (χ2v) is 9.43. The Labute approximate surface area is 256 Å². The minimum absolute atomic E-state index is 0.00141. The number of fused-ring (bicyclic) bond motifs is 2. The van der Waals surface area contributed by atoms with Crippen LogP contribution in [-0.4, -0.2) is 122 Å². The van der Waals surface area contributed by atoms with Gasteiger partial charge in [-0.1, -0.05) is 0 Å². The zero-order chi connectivity index (χ0) is 33.5. The molecule has 1 aliphatic carbocycles. The molecule has 0 fully saturated rings. The third-order valence-electron chi connectivity index (χ3n) is 5.87. The van der Waals surface area contributed by atoms with Crippen molar-refractivity contribution in [3.05, 3.63) is 66.0 Å². The summed E-state index contributed by atoms with van der Waals surface area (Å²) in [6, 6.07) is 5.76. The molecule has 0 unspecified atom stereocenters. The number of carbonyl (C=O) groups is 5. The molecule has 7 N–H and O–H groups in total. The molecular formula is C29H34N6O10. The maximum Gasteiger partial charge on any atom is 0.328 e. The number of aromatic nitrogens is 3. The van der Waals surface area contributed by atoms with Gasteiger partial charge in [0.25, 0.3) is 0 Å². The molecule has 3 aromatic rings. The van der Waals surface area contributed by atoms with Gasteiger partial charge >= 0.3 is 23.9 Å².